The van der Waals surface area contributed by atoms with Gasteiger partial charge in [0, 0.05) is 6.04 Å². The number of sulfonamides is 1. The third-order valence-corrected chi connectivity index (χ3v) is 6.08. The fourth-order valence-corrected chi connectivity index (χ4v) is 4.77. The summed E-state index contributed by atoms with van der Waals surface area (Å²) in [5, 5.41) is 0. The molecular formula is C10H15ClN2O2S2. The standard InChI is InChI=1S/C10H15ClN2O2S2/c1-7-3-2-4-8(5-7)13-17(14,15)9-6-12-10(11)16-9/h6-8,13H,2-5H2,1H3. The Morgan fingerprint density at radius 3 is 2.88 bits per heavy atom. The second-order valence-corrected chi connectivity index (χ2v) is 8.08. The van der Waals surface area contributed by atoms with Gasteiger partial charge in [-0.2, -0.15) is 0 Å². The second-order valence-electron chi connectivity index (χ2n) is 4.52. The van der Waals surface area contributed by atoms with Gasteiger partial charge in [0.1, 0.15) is 0 Å². The molecule has 1 fully saturated rings. The Hall–Kier alpha value is -0.170. The molecule has 1 aliphatic carbocycles. The molecule has 0 radical (unpaired) electrons. The molecule has 0 aliphatic heterocycles. The molecule has 17 heavy (non-hydrogen) atoms. The van der Waals surface area contributed by atoms with Gasteiger partial charge in [0.25, 0.3) is 10.0 Å². The van der Waals surface area contributed by atoms with E-state index in [1.54, 1.807) is 0 Å². The Kier molecular flexibility index (Phi) is 4.07. The summed E-state index contributed by atoms with van der Waals surface area (Å²) in [6.07, 6.45) is 5.39. The second kappa shape index (κ2) is 5.22. The molecule has 0 saturated heterocycles. The topological polar surface area (TPSA) is 59.1 Å². The lowest BCUT2D eigenvalue weighted by atomic mass is 9.88. The average molecular weight is 295 g/mol. The van der Waals surface area contributed by atoms with Crippen molar-refractivity contribution in [1.29, 1.82) is 0 Å². The number of aromatic nitrogens is 1. The minimum Gasteiger partial charge on any atom is -0.232 e. The molecule has 2 atom stereocenters. The maximum Gasteiger partial charge on any atom is 0.251 e. The fraction of sp³-hybridized carbons (Fsp3) is 0.700. The van der Waals surface area contributed by atoms with Gasteiger partial charge >= 0.3 is 0 Å². The molecule has 0 amide bonds. The summed E-state index contributed by atoms with van der Waals surface area (Å²) in [7, 11) is -3.44. The number of halogens is 1. The molecule has 0 bridgehead atoms. The zero-order valence-electron chi connectivity index (χ0n) is 9.52. The van der Waals surface area contributed by atoms with E-state index in [2.05, 4.69) is 16.6 Å². The summed E-state index contributed by atoms with van der Waals surface area (Å²) in [6.45, 7) is 2.16. The molecule has 2 unspecified atom stereocenters. The highest BCUT2D eigenvalue weighted by Gasteiger charge is 2.25. The van der Waals surface area contributed by atoms with Gasteiger partial charge in [-0.1, -0.05) is 42.7 Å². The molecule has 0 aromatic carbocycles. The first-order valence-electron chi connectivity index (χ1n) is 5.61. The molecular weight excluding hydrogens is 280 g/mol. The summed E-state index contributed by atoms with van der Waals surface area (Å²) in [5.74, 6) is 0.585. The van der Waals surface area contributed by atoms with Crippen molar-refractivity contribution in [3.8, 4) is 0 Å². The summed E-state index contributed by atoms with van der Waals surface area (Å²) >= 11 is 6.64. The Morgan fingerprint density at radius 1 is 1.53 bits per heavy atom. The van der Waals surface area contributed by atoms with Crippen LogP contribution in [0.15, 0.2) is 10.4 Å². The van der Waals surface area contributed by atoms with Crippen molar-refractivity contribution in [2.45, 2.75) is 42.9 Å². The predicted octanol–water partition coefficient (Wildman–Crippen LogP) is 2.65. The Morgan fingerprint density at radius 2 is 2.29 bits per heavy atom. The third-order valence-electron chi connectivity index (χ3n) is 2.98. The maximum absolute atomic E-state index is 12.0. The van der Waals surface area contributed by atoms with Crippen LogP contribution in [-0.2, 0) is 10.0 Å². The largest absolute Gasteiger partial charge is 0.251 e. The first-order valence-corrected chi connectivity index (χ1v) is 8.29. The highest BCUT2D eigenvalue weighted by molar-refractivity contribution is 7.91. The lowest BCUT2D eigenvalue weighted by Crippen LogP contribution is -2.37. The number of nitrogens with one attached hydrogen (secondary N) is 1. The van der Waals surface area contributed by atoms with E-state index in [-0.39, 0.29) is 14.7 Å². The molecule has 7 heteroatoms. The number of thiazole rings is 1. The first-order chi connectivity index (χ1) is 7.97. The van der Waals surface area contributed by atoms with E-state index in [0.717, 1.165) is 30.6 Å². The van der Waals surface area contributed by atoms with Gasteiger partial charge in [0.15, 0.2) is 8.68 Å². The summed E-state index contributed by atoms with van der Waals surface area (Å²) in [5.41, 5.74) is 0. The molecule has 1 saturated carbocycles. The van der Waals surface area contributed by atoms with Gasteiger partial charge in [0.05, 0.1) is 6.20 Å². The summed E-state index contributed by atoms with van der Waals surface area (Å²) in [6, 6.07) is 0.0459. The van der Waals surface area contributed by atoms with Crippen molar-refractivity contribution in [3.05, 3.63) is 10.7 Å². The van der Waals surface area contributed by atoms with Crippen LogP contribution in [-0.4, -0.2) is 19.4 Å². The van der Waals surface area contributed by atoms with E-state index in [1.165, 1.54) is 12.6 Å². The van der Waals surface area contributed by atoms with Crippen LogP contribution in [0.5, 0.6) is 0 Å². The molecule has 2 rings (SSSR count). The number of rotatable bonds is 3. The van der Waals surface area contributed by atoms with Crippen LogP contribution < -0.4 is 4.72 Å². The van der Waals surface area contributed by atoms with Gasteiger partial charge < -0.3 is 0 Å². The highest BCUT2D eigenvalue weighted by Crippen LogP contribution is 2.27. The zero-order chi connectivity index (χ0) is 12.5. The maximum atomic E-state index is 12.0. The molecule has 4 nitrogen and oxygen atoms in total. The molecule has 1 aliphatic rings. The van der Waals surface area contributed by atoms with Gasteiger partial charge in [-0.25, -0.2) is 18.1 Å². The lowest BCUT2D eigenvalue weighted by Gasteiger charge is -2.26. The Labute approximate surface area is 110 Å². The molecule has 96 valence electrons. The molecule has 1 aromatic heterocycles. The SMILES string of the molecule is CC1CCCC(NS(=O)(=O)c2cnc(Cl)s2)C1. The van der Waals surface area contributed by atoms with E-state index < -0.39 is 10.0 Å². The number of nitrogens with zero attached hydrogens (tertiary/aromatic N) is 1. The van der Waals surface area contributed by atoms with Crippen LogP contribution in [0, 0.1) is 5.92 Å². The van der Waals surface area contributed by atoms with Crippen LogP contribution in [0.1, 0.15) is 32.6 Å². The van der Waals surface area contributed by atoms with Crippen molar-refractivity contribution in [2.75, 3.05) is 0 Å². The number of hydrogen-bond acceptors (Lipinski definition) is 4. The molecule has 1 heterocycles. The molecule has 1 N–H and O–H groups in total. The summed E-state index contributed by atoms with van der Waals surface area (Å²) in [4.78, 5) is 3.76. The van der Waals surface area contributed by atoms with Crippen LogP contribution in [0.3, 0.4) is 0 Å². The minimum atomic E-state index is -3.44. The van der Waals surface area contributed by atoms with Gasteiger partial charge in [-0.15, -0.1) is 0 Å². The fourth-order valence-electron chi connectivity index (χ4n) is 2.18. The Bertz CT molecular complexity index is 486. The van der Waals surface area contributed by atoms with Gasteiger partial charge in [0.2, 0.25) is 0 Å². The monoisotopic (exact) mass is 294 g/mol. The average Bonchev–Trinajstić information content (AvgIpc) is 2.65. The lowest BCUT2D eigenvalue weighted by molar-refractivity contribution is 0.327. The highest BCUT2D eigenvalue weighted by atomic mass is 35.5. The first kappa shape index (κ1) is 13.3. The smallest absolute Gasteiger partial charge is 0.232 e. The van der Waals surface area contributed by atoms with Crippen molar-refractivity contribution in [2.24, 2.45) is 5.92 Å². The third kappa shape index (κ3) is 3.40. The van der Waals surface area contributed by atoms with Crippen molar-refractivity contribution >= 4 is 33.0 Å². The van der Waals surface area contributed by atoms with Gasteiger partial charge in [-0.05, 0) is 18.8 Å². The van der Waals surface area contributed by atoms with Crippen LogP contribution in [0.2, 0.25) is 4.47 Å². The van der Waals surface area contributed by atoms with Crippen molar-refractivity contribution in [3.63, 3.8) is 0 Å². The molecule has 1 aromatic rings. The van der Waals surface area contributed by atoms with E-state index in [0.29, 0.717) is 5.92 Å². The van der Waals surface area contributed by atoms with E-state index in [1.807, 2.05) is 0 Å². The van der Waals surface area contributed by atoms with Gasteiger partial charge in [-0.3, -0.25) is 0 Å². The van der Waals surface area contributed by atoms with E-state index in [9.17, 15) is 8.42 Å². The van der Waals surface area contributed by atoms with Crippen LogP contribution >= 0.6 is 22.9 Å². The van der Waals surface area contributed by atoms with Crippen molar-refractivity contribution in [1.82, 2.24) is 9.71 Å². The van der Waals surface area contributed by atoms with E-state index in [4.69, 9.17) is 11.6 Å². The van der Waals surface area contributed by atoms with Crippen molar-refractivity contribution < 1.29 is 8.42 Å². The Balaban J connectivity index is 2.07. The van der Waals surface area contributed by atoms with Crippen LogP contribution in [0.4, 0.5) is 0 Å². The normalized spacial score (nSPS) is 26.0. The zero-order valence-corrected chi connectivity index (χ0v) is 11.9. The minimum absolute atomic E-state index is 0.0459. The number of hydrogen-bond donors (Lipinski definition) is 1. The van der Waals surface area contributed by atoms with E-state index >= 15 is 0 Å². The predicted molar refractivity (Wildman–Crippen MR) is 68.9 cm³/mol. The summed E-state index contributed by atoms with van der Waals surface area (Å²) < 4.78 is 27.2. The quantitative estimate of drug-likeness (QED) is 0.932. The van der Waals surface area contributed by atoms with Crippen LogP contribution in [0.25, 0.3) is 0 Å². The molecule has 0 spiro atoms.